The highest BCUT2D eigenvalue weighted by Crippen LogP contribution is 2.40. The number of nitrogens with one attached hydrogen (secondary N) is 2. The zero-order valence-corrected chi connectivity index (χ0v) is 14.1. The van der Waals surface area contributed by atoms with Crippen LogP contribution in [0, 0.1) is 11.3 Å². The molecule has 0 heterocycles. The number of rotatable bonds is 5. The molecule has 0 saturated heterocycles. The van der Waals surface area contributed by atoms with Gasteiger partial charge in [-0.05, 0) is 57.8 Å². The number of carbonyl (C=O) groups is 1. The predicted molar refractivity (Wildman–Crippen MR) is 85.3 cm³/mol. The van der Waals surface area contributed by atoms with E-state index in [0.717, 1.165) is 13.1 Å². The monoisotopic (exact) mass is 296 g/mol. The Morgan fingerprint density at radius 2 is 1.95 bits per heavy atom. The van der Waals surface area contributed by atoms with Crippen LogP contribution in [0.2, 0.25) is 0 Å². The van der Waals surface area contributed by atoms with Crippen LogP contribution in [-0.2, 0) is 4.74 Å². The Labute approximate surface area is 129 Å². The van der Waals surface area contributed by atoms with E-state index in [0.29, 0.717) is 17.4 Å². The van der Waals surface area contributed by atoms with Crippen molar-refractivity contribution in [3.05, 3.63) is 0 Å². The first-order valence-electron chi connectivity index (χ1n) is 8.48. The molecule has 122 valence electrons. The van der Waals surface area contributed by atoms with Crippen molar-refractivity contribution in [2.75, 3.05) is 13.1 Å². The zero-order valence-electron chi connectivity index (χ0n) is 14.1. The third kappa shape index (κ3) is 5.17. The number of ether oxygens (including phenoxy) is 1. The summed E-state index contributed by atoms with van der Waals surface area (Å²) in [6, 6.07) is 0.553. The van der Waals surface area contributed by atoms with Crippen LogP contribution < -0.4 is 10.6 Å². The van der Waals surface area contributed by atoms with Gasteiger partial charge in [0, 0.05) is 19.1 Å². The molecule has 0 aromatic heterocycles. The van der Waals surface area contributed by atoms with Crippen LogP contribution >= 0.6 is 0 Å². The van der Waals surface area contributed by atoms with Crippen molar-refractivity contribution in [3.63, 3.8) is 0 Å². The molecule has 0 radical (unpaired) electrons. The van der Waals surface area contributed by atoms with Gasteiger partial charge in [0.15, 0.2) is 0 Å². The third-order valence-corrected chi connectivity index (χ3v) is 4.92. The number of hydrogen-bond donors (Lipinski definition) is 2. The minimum Gasteiger partial charge on any atom is -0.444 e. The molecule has 21 heavy (non-hydrogen) atoms. The van der Waals surface area contributed by atoms with Crippen molar-refractivity contribution in [2.24, 2.45) is 11.3 Å². The Hall–Kier alpha value is -0.770. The number of carbonyl (C=O) groups excluding carboxylic acids is 1. The van der Waals surface area contributed by atoms with E-state index in [1.54, 1.807) is 0 Å². The molecule has 4 heteroatoms. The Bertz CT molecular complexity index is 358. The number of hydrogen-bond acceptors (Lipinski definition) is 3. The normalized spacial score (nSPS) is 28.0. The minimum absolute atomic E-state index is 0.292. The fraction of sp³-hybridized carbons (Fsp3) is 0.941. The molecular formula is C17H32N2O2. The highest BCUT2D eigenvalue weighted by Gasteiger charge is 2.34. The molecule has 0 aromatic carbocycles. The quantitative estimate of drug-likeness (QED) is 0.817. The van der Waals surface area contributed by atoms with Crippen molar-refractivity contribution >= 4 is 6.09 Å². The molecule has 2 atom stereocenters. The second kappa shape index (κ2) is 6.55. The summed E-state index contributed by atoms with van der Waals surface area (Å²) in [5, 5.41) is 6.69. The molecule has 0 bridgehead atoms. The average molecular weight is 296 g/mol. The molecule has 0 aromatic rings. The van der Waals surface area contributed by atoms with Crippen molar-refractivity contribution in [3.8, 4) is 0 Å². The van der Waals surface area contributed by atoms with E-state index in [-0.39, 0.29) is 6.09 Å². The lowest BCUT2D eigenvalue weighted by atomic mass is 9.70. The molecule has 2 aliphatic rings. The highest BCUT2D eigenvalue weighted by atomic mass is 16.6. The molecule has 2 fully saturated rings. The average Bonchev–Trinajstić information content (AvgIpc) is 2.77. The van der Waals surface area contributed by atoms with Crippen LogP contribution in [0.15, 0.2) is 0 Å². The third-order valence-electron chi connectivity index (χ3n) is 4.92. The predicted octanol–water partition coefficient (Wildman–Crippen LogP) is 3.46. The Morgan fingerprint density at radius 3 is 2.52 bits per heavy atom. The molecule has 4 nitrogen and oxygen atoms in total. The van der Waals surface area contributed by atoms with Gasteiger partial charge in [0.1, 0.15) is 5.60 Å². The summed E-state index contributed by atoms with van der Waals surface area (Å²) in [6.07, 6.45) is 7.49. The van der Waals surface area contributed by atoms with E-state index < -0.39 is 5.60 Å². The lowest BCUT2D eigenvalue weighted by molar-refractivity contribution is 0.0516. The molecule has 2 rings (SSSR count). The van der Waals surface area contributed by atoms with Crippen LogP contribution in [0.25, 0.3) is 0 Å². The number of alkyl carbamates (subject to hydrolysis) is 1. The zero-order chi connectivity index (χ0) is 15.5. The molecule has 0 spiro atoms. The smallest absolute Gasteiger partial charge is 0.407 e. The van der Waals surface area contributed by atoms with Crippen LogP contribution in [0.3, 0.4) is 0 Å². The Balaban J connectivity index is 1.70. The van der Waals surface area contributed by atoms with Crippen LogP contribution in [-0.4, -0.2) is 30.8 Å². The van der Waals surface area contributed by atoms with Crippen molar-refractivity contribution in [1.82, 2.24) is 10.6 Å². The van der Waals surface area contributed by atoms with Crippen molar-refractivity contribution in [1.29, 1.82) is 0 Å². The van der Waals surface area contributed by atoms with Crippen molar-refractivity contribution in [2.45, 2.75) is 77.9 Å². The van der Waals surface area contributed by atoms with Gasteiger partial charge >= 0.3 is 6.09 Å². The van der Waals surface area contributed by atoms with E-state index in [4.69, 9.17) is 4.74 Å². The van der Waals surface area contributed by atoms with Gasteiger partial charge in [0.2, 0.25) is 0 Å². The summed E-state index contributed by atoms with van der Waals surface area (Å²) in [5.74, 6) is 0.543. The maximum atomic E-state index is 11.7. The molecule has 2 N–H and O–H groups in total. The standard InChI is InChI=1S/C17H32N2O2/c1-16(2,3)21-15(20)18-11-13-7-5-8-14(13)19-12-17(4)9-6-10-17/h13-14,19H,5-12H2,1-4H3,(H,18,20). The minimum atomic E-state index is -0.420. The first kappa shape index (κ1) is 16.6. The molecule has 2 unspecified atom stereocenters. The lowest BCUT2D eigenvalue weighted by Gasteiger charge is -2.40. The van der Waals surface area contributed by atoms with Gasteiger partial charge < -0.3 is 15.4 Å². The first-order chi connectivity index (χ1) is 9.77. The van der Waals surface area contributed by atoms with E-state index in [1.807, 2.05) is 20.8 Å². The molecule has 1 amide bonds. The fourth-order valence-corrected chi connectivity index (χ4v) is 3.41. The molecule has 2 saturated carbocycles. The lowest BCUT2D eigenvalue weighted by Crippen LogP contribution is -2.45. The fourth-order valence-electron chi connectivity index (χ4n) is 3.41. The molecule has 0 aliphatic heterocycles. The van der Waals surface area contributed by atoms with Crippen LogP contribution in [0.1, 0.15) is 66.2 Å². The molecular weight excluding hydrogens is 264 g/mol. The summed E-state index contributed by atoms with van der Waals surface area (Å²) in [6.45, 7) is 9.92. The summed E-state index contributed by atoms with van der Waals surface area (Å²) in [7, 11) is 0. The summed E-state index contributed by atoms with van der Waals surface area (Å²) in [4.78, 5) is 11.7. The summed E-state index contributed by atoms with van der Waals surface area (Å²) < 4.78 is 5.30. The van der Waals surface area contributed by atoms with Gasteiger partial charge in [-0.1, -0.05) is 19.8 Å². The second-order valence-corrected chi connectivity index (χ2v) is 8.23. The second-order valence-electron chi connectivity index (χ2n) is 8.23. The maximum Gasteiger partial charge on any atom is 0.407 e. The van der Waals surface area contributed by atoms with Crippen LogP contribution in [0.5, 0.6) is 0 Å². The van der Waals surface area contributed by atoms with Gasteiger partial charge in [-0.25, -0.2) is 4.79 Å². The van der Waals surface area contributed by atoms with Gasteiger partial charge in [0.05, 0.1) is 0 Å². The highest BCUT2D eigenvalue weighted by molar-refractivity contribution is 5.67. The van der Waals surface area contributed by atoms with E-state index in [1.165, 1.54) is 38.5 Å². The largest absolute Gasteiger partial charge is 0.444 e. The summed E-state index contributed by atoms with van der Waals surface area (Å²) >= 11 is 0. The summed E-state index contributed by atoms with van der Waals surface area (Å²) in [5.41, 5.74) is 0.0992. The van der Waals surface area contributed by atoms with Gasteiger partial charge in [0.25, 0.3) is 0 Å². The number of amides is 1. The van der Waals surface area contributed by atoms with Gasteiger partial charge in [-0.2, -0.15) is 0 Å². The van der Waals surface area contributed by atoms with Gasteiger partial charge in [-0.15, -0.1) is 0 Å². The SMILES string of the molecule is CC1(CNC2CCCC2CNC(=O)OC(C)(C)C)CCC1. The van der Waals surface area contributed by atoms with E-state index in [9.17, 15) is 4.79 Å². The van der Waals surface area contributed by atoms with E-state index in [2.05, 4.69) is 17.6 Å². The Kier molecular flexibility index (Phi) is 5.18. The Morgan fingerprint density at radius 1 is 1.24 bits per heavy atom. The first-order valence-corrected chi connectivity index (χ1v) is 8.48. The topological polar surface area (TPSA) is 50.4 Å². The molecule has 2 aliphatic carbocycles. The van der Waals surface area contributed by atoms with Crippen molar-refractivity contribution < 1.29 is 9.53 Å². The van der Waals surface area contributed by atoms with Crippen LogP contribution in [0.4, 0.5) is 4.79 Å². The van der Waals surface area contributed by atoms with Gasteiger partial charge in [-0.3, -0.25) is 0 Å². The van der Waals surface area contributed by atoms with E-state index >= 15 is 0 Å². The maximum absolute atomic E-state index is 11.7.